The van der Waals surface area contributed by atoms with Crippen LogP contribution in [0, 0.1) is 6.92 Å². The van der Waals surface area contributed by atoms with E-state index in [4.69, 9.17) is 0 Å². The minimum absolute atomic E-state index is 0. The second-order valence-corrected chi connectivity index (χ2v) is 2.37. The smallest absolute Gasteiger partial charge is 0.0325 e. The molecule has 0 atom stereocenters. The molecule has 5 heavy (non-hydrogen) atoms. The Morgan fingerprint density at radius 1 is 1.80 bits per heavy atom. The molecule has 0 aliphatic rings. The van der Waals surface area contributed by atoms with Crippen LogP contribution in [0.15, 0.2) is 11.8 Å². The molecule has 0 amide bonds. The Hall–Kier alpha value is 0.756. The van der Waals surface area contributed by atoms with E-state index in [-0.39, 0.29) is 28.2 Å². The summed E-state index contributed by atoms with van der Waals surface area (Å²) < 4.78 is 0. The van der Waals surface area contributed by atoms with Gasteiger partial charge in [-0.15, -0.1) is 6.58 Å². The molecule has 0 aliphatic heterocycles. The van der Waals surface area contributed by atoms with E-state index >= 15 is 0 Å². The third kappa shape index (κ3) is 63.3. The molecular weight excluding hydrogens is 183 g/mol. The summed E-state index contributed by atoms with van der Waals surface area (Å²) in [7, 11) is 1.04. The van der Waals surface area contributed by atoms with Gasteiger partial charge in [0.15, 0.2) is 0 Å². The Bertz CT molecular complexity index is 37.5. The summed E-state index contributed by atoms with van der Waals surface area (Å²) >= 11 is 0. The van der Waals surface area contributed by atoms with Crippen LogP contribution in [-0.2, 0) is 0 Å². The van der Waals surface area contributed by atoms with Crippen LogP contribution in [0.1, 0.15) is 4.28 Å². The predicted octanol–water partition coefficient (Wildman–Crippen LogP) is 0.0568. The predicted molar refractivity (Wildman–Crippen MR) is 36.5 cm³/mol. The molecule has 0 aromatic carbocycles. The molecule has 0 fully saturated rings. The molecule has 0 bridgehead atoms. The van der Waals surface area contributed by atoms with Crippen LogP contribution in [0.25, 0.3) is 0 Å². The fourth-order valence-corrected chi connectivity index (χ4v) is 0. The molecule has 0 spiro atoms. The van der Waals surface area contributed by atoms with Gasteiger partial charge in [-0.05, 0) is 6.92 Å². The first-order chi connectivity index (χ1) is 1.73. The summed E-state index contributed by atoms with van der Waals surface area (Å²) in [4.78, 5) is 0. The number of hydrogen-bond acceptors (Lipinski definition) is 0. The van der Waals surface area contributed by atoms with Gasteiger partial charge in [-0.25, -0.2) is 0 Å². The van der Waals surface area contributed by atoms with Crippen LogP contribution in [0.5, 0.6) is 0 Å². The number of hydrogen-bond donors (Lipinski definition) is 0. The van der Waals surface area contributed by atoms with Crippen molar-refractivity contribution in [2.75, 3.05) is 0 Å². The summed E-state index contributed by atoms with van der Waals surface area (Å²) in [5.74, 6) is 0. The topological polar surface area (TPSA) is 0 Å². The summed E-state index contributed by atoms with van der Waals surface area (Å²) in [6, 6.07) is 0. The zero-order chi connectivity index (χ0) is 3.58. The molecule has 0 aromatic rings. The molecule has 0 heterocycles. The van der Waals surface area contributed by atoms with Gasteiger partial charge in [0.2, 0.25) is 0 Å². The van der Waals surface area contributed by atoms with E-state index < -0.39 is 0 Å². The SMILES string of the molecule is [CH2]C(=C)[SiH3].[HH].[HH].[HH].[Sn]. The molecule has 2 heteroatoms. The molecular formula is C3H13SiSn. The third-order valence-electron chi connectivity index (χ3n) is 0. The van der Waals surface area contributed by atoms with E-state index in [1.165, 1.54) is 0 Å². The monoisotopic (exact) mass is 197 g/mol. The normalized spacial score (nSPS) is 5.80. The zero-order valence-electron chi connectivity index (χ0n) is 3.41. The van der Waals surface area contributed by atoms with Crippen molar-refractivity contribution in [1.82, 2.24) is 0 Å². The van der Waals surface area contributed by atoms with Gasteiger partial charge in [0.05, 0.1) is 0 Å². The van der Waals surface area contributed by atoms with E-state index in [1.54, 1.807) is 0 Å². The molecule has 0 aliphatic carbocycles. The van der Waals surface area contributed by atoms with Crippen molar-refractivity contribution >= 4 is 34.2 Å². The van der Waals surface area contributed by atoms with Crippen molar-refractivity contribution in [2.24, 2.45) is 0 Å². The molecule has 0 rings (SSSR count). The molecule has 0 aromatic heterocycles. The first-order valence-electron chi connectivity index (χ1n) is 1.21. The van der Waals surface area contributed by atoms with Gasteiger partial charge in [-0.2, -0.15) is 0 Å². The Labute approximate surface area is 57.5 Å². The van der Waals surface area contributed by atoms with Crippen LogP contribution in [0.3, 0.4) is 0 Å². The quantitative estimate of drug-likeness (QED) is 0.480. The van der Waals surface area contributed by atoms with Gasteiger partial charge in [-0.1, -0.05) is 5.20 Å². The molecule has 0 saturated carbocycles. The maximum Gasteiger partial charge on any atom is 0.0325 e. The molecule has 0 N–H and O–H groups in total. The van der Waals surface area contributed by atoms with Gasteiger partial charge in [0.1, 0.15) is 0 Å². The largest absolute Gasteiger partial charge is 0.105 e. The summed E-state index contributed by atoms with van der Waals surface area (Å²) in [6.07, 6.45) is 0. The second-order valence-electron chi connectivity index (χ2n) is 0.957. The van der Waals surface area contributed by atoms with Gasteiger partial charge in [0, 0.05) is 38.4 Å². The summed E-state index contributed by atoms with van der Waals surface area (Å²) in [5, 5.41) is 1.06. The average molecular weight is 196 g/mol. The first-order valence-corrected chi connectivity index (χ1v) is 2.21. The van der Waals surface area contributed by atoms with E-state index in [2.05, 4.69) is 13.5 Å². The fourth-order valence-electron chi connectivity index (χ4n) is 0. The maximum absolute atomic E-state index is 3.51. The minimum atomic E-state index is 0. The van der Waals surface area contributed by atoms with Crippen LogP contribution < -0.4 is 0 Å². The summed E-state index contributed by atoms with van der Waals surface area (Å²) in [6.45, 7) is 7.01. The Balaban J connectivity index is -0.00000000750. The average Bonchev–Trinajstić information content (AvgIpc) is 0.811. The van der Waals surface area contributed by atoms with Crippen molar-refractivity contribution < 1.29 is 4.28 Å². The van der Waals surface area contributed by atoms with E-state index in [1.807, 2.05) is 0 Å². The van der Waals surface area contributed by atoms with Crippen LogP contribution >= 0.6 is 0 Å². The maximum atomic E-state index is 3.51. The van der Waals surface area contributed by atoms with Crippen LogP contribution in [0.2, 0.25) is 0 Å². The summed E-state index contributed by atoms with van der Waals surface area (Å²) in [5.41, 5.74) is 0. The second kappa shape index (κ2) is 4.76. The van der Waals surface area contributed by atoms with Crippen molar-refractivity contribution in [2.45, 2.75) is 0 Å². The number of rotatable bonds is 0. The Kier molecular flexibility index (Phi) is 8.78. The molecule has 5 radical (unpaired) electrons. The molecule has 0 saturated heterocycles. The minimum Gasteiger partial charge on any atom is -0.105 e. The molecule has 0 nitrogen and oxygen atoms in total. The third-order valence-corrected chi connectivity index (χ3v) is 0. The Morgan fingerprint density at radius 2 is 1.80 bits per heavy atom. The molecule has 0 unspecified atom stereocenters. The first kappa shape index (κ1) is 9.23. The van der Waals surface area contributed by atoms with Crippen LogP contribution in [0.4, 0.5) is 0 Å². The van der Waals surface area contributed by atoms with E-state index in [0.29, 0.717) is 0 Å². The van der Waals surface area contributed by atoms with E-state index in [0.717, 1.165) is 15.4 Å². The van der Waals surface area contributed by atoms with Gasteiger partial charge < -0.3 is 0 Å². The van der Waals surface area contributed by atoms with Crippen molar-refractivity contribution in [3.05, 3.63) is 18.7 Å². The van der Waals surface area contributed by atoms with Crippen molar-refractivity contribution in [3.8, 4) is 0 Å². The number of allylic oxidation sites excluding steroid dienone is 1. The van der Waals surface area contributed by atoms with Crippen molar-refractivity contribution in [1.29, 1.82) is 0 Å². The van der Waals surface area contributed by atoms with Crippen molar-refractivity contribution in [3.63, 3.8) is 0 Å². The fraction of sp³-hybridized carbons (Fsp3) is 0. The zero-order valence-corrected chi connectivity index (χ0v) is 8.27. The van der Waals surface area contributed by atoms with Gasteiger partial charge >= 0.3 is 0 Å². The molecule has 33 valence electrons. The standard InChI is InChI=1S/C3H7Si.Sn.3H2/c1-3(2)4;;;;/h1-2H2,4H3;;3*1H. The van der Waals surface area contributed by atoms with E-state index in [9.17, 15) is 0 Å². The van der Waals surface area contributed by atoms with Gasteiger partial charge in [0.25, 0.3) is 0 Å². The van der Waals surface area contributed by atoms with Crippen LogP contribution in [-0.4, -0.2) is 34.2 Å². The van der Waals surface area contributed by atoms with Gasteiger partial charge in [-0.3, -0.25) is 0 Å². The Morgan fingerprint density at radius 3 is 1.80 bits per heavy atom.